The number of morpholine rings is 1. The second kappa shape index (κ2) is 11.1. The maximum absolute atomic E-state index is 5.95. The molecule has 3 heterocycles. The lowest BCUT2D eigenvalue weighted by Crippen LogP contribution is -2.48. The van der Waals surface area contributed by atoms with Crippen LogP contribution in [0.2, 0.25) is 0 Å². The molecule has 1 aliphatic heterocycles. The van der Waals surface area contributed by atoms with E-state index in [-0.39, 0.29) is 30.1 Å². The summed E-state index contributed by atoms with van der Waals surface area (Å²) >= 11 is 1.77. The maximum Gasteiger partial charge on any atom is 0.194 e. The standard InChI is InChI=1S/C19H30N6OS.HI/c1-5-20-19(22-11-16-10-21-18(27-16)8-14(2)3)25-6-7-26-17(13-25)15-9-23-24(4)12-15;/h9-10,12,14,17H,5-8,11,13H2,1-4H3,(H,20,22);1H. The van der Waals surface area contributed by atoms with Gasteiger partial charge in [-0.1, -0.05) is 13.8 Å². The van der Waals surface area contributed by atoms with Crippen molar-refractivity contribution in [2.24, 2.45) is 18.0 Å². The van der Waals surface area contributed by atoms with E-state index in [1.54, 1.807) is 11.3 Å². The van der Waals surface area contributed by atoms with E-state index in [9.17, 15) is 0 Å². The summed E-state index contributed by atoms with van der Waals surface area (Å²) in [5, 5.41) is 8.88. The van der Waals surface area contributed by atoms with Crippen LogP contribution < -0.4 is 5.32 Å². The summed E-state index contributed by atoms with van der Waals surface area (Å²) in [6.07, 6.45) is 6.92. The van der Waals surface area contributed by atoms with Gasteiger partial charge in [0, 0.05) is 49.4 Å². The Labute approximate surface area is 188 Å². The quantitative estimate of drug-likeness (QED) is 0.362. The molecule has 9 heteroatoms. The highest BCUT2D eigenvalue weighted by Gasteiger charge is 2.25. The zero-order valence-corrected chi connectivity index (χ0v) is 20.2. The largest absolute Gasteiger partial charge is 0.370 e. The highest BCUT2D eigenvalue weighted by Crippen LogP contribution is 2.22. The van der Waals surface area contributed by atoms with Crippen molar-refractivity contribution >= 4 is 41.3 Å². The highest BCUT2D eigenvalue weighted by molar-refractivity contribution is 14.0. The topological polar surface area (TPSA) is 67.6 Å². The van der Waals surface area contributed by atoms with Gasteiger partial charge in [0.25, 0.3) is 0 Å². The molecule has 0 radical (unpaired) electrons. The smallest absolute Gasteiger partial charge is 0.194 e. The zero-order chi connectivity index (χ0) is 19.2. The number of ether oxygens (including phenoxy) is 1. The van der Waals surface area contributed by atoms with Gasteiger partial charge in [0.15, 0.2) is 5.96 Å². The van der Waals surface area contributed by atoms with E-state index < -0.39 is 0 Å². The molecule has 0 aromatic carbocycles. The molecule has 0 saturated carbocycles. The number of guanidine groups is 1. The molecule has 0 bridgehead atoms. The first-order chi connectivity index (χ1) is 13.0. The van der Waals surface area contributed by atoms with Crippen LogP contribution in [-0.2, 0) is 24.8 Å². The Balaban J connectivity index is 0.00000280. The number of rotatable bonds is 6. The lowest BCUT2D eigenvalue weighted by molar-refractivity contribution is -0.00805. The van der Waals surface area contributed by atoms with Crippen molar-refractivity contribution < 1.29 is 4.74 Å². The second-order valence-corrected chi connectivity index (χ2v) is 8.44. The molecule has 28 heavy (non-hydrogen) atoms. The fourth-order valence-electron chi connectivity index (χ4n) is 3.09. The molecular weight excluding hydrogens is 487 g/mol. The fraction of sp³-hybridized carbons (Fsp3) is 0.632. The van der Waals surface area contributed by atoms with Crippen LogP contribution in [0.15, 0.2) is 23.6 Å². The minimum absolute atomic E-state index is 0. The predicted molar refractivity (Wildman–Crippen MR) is 124 cm³/mol. The monoisotopic (exact) mass is 518 g/mol. The van der Waals surface area contributed by atoms with E-state index in [1.165, 1.54) is 9.88 Å². The first-order valence-corrected chi connectivity index (χ1v) is 10.4. The lowest BCUT2D eigenvalue weighted by Gasteiger charge is -2.34. The molecular formula is C19H31IN6OS. The van der Waals surface area contributed by atoms with Crippen LogP contribution in [0.1, 0.15) is 42.3 Å². The van der Waals surface area contributed by atoms with Crippen LogP contribution in [0.5, 0.6) is 0 Å². The summed E-state index contributed by atoms with van der Waals surface area (Å²) in [5.41, 5.74) is 1.11. The molecule has 0 amide bonds. The molecule has 1 atom stereocenters. The SMILES string of the molecule is CCNC(=NCc1cnc(CC(C)C)s1)N1CCOC(c2cnn(C)c2)C1.I. The molecule has 2 aromatic heterocycles. The Bertz CT molecular complexity index is 759. The molecule has 1 saturated heterocycles. The summed E-state index contributed by atoms with van der Waals surface area (Å²) in [6, 6.07) is 0. The van der Waals surface area contributed by atoms with E-state index in [0.717, 1.165) is 37.6 Å². The van der Waals surface area contributed by atoms with Gasteiger partial charge in [-0.05, 0) is 12.8 Å². The van der Waals surface area contributed by atoms with Crippen molar-refractivity contribution in [2.75, 3.05) is 26.2 Å². The Kier molecular flexibility index (Phi) is 9.16. The molecule has 2 aromatic rings. The fourth-order valence-corrected chi connectivity index (χ4v) is 4.15. The number of aliphatic imine (C=N–C) groups is 1. The molecule has 1 fully saturated rings. The Morgan fingerprint density at radius 2 is 2.25 bits per heavy atom. The number of hydrogen-bond donors (Lipinski definition) is 1. The minimum Gasteiger partial charge on any atom is -0.370 e. The van der Waals surface area contributed by atoms with Gasteiger partial charge >= 0.3 is 0 Å². The van der Waals surface area contributed by atoms with Gasteiger partial charge in [-0.3, -0.25) is 4.68 Å². The molecule has 1 N–H and O–H groups in total. The zero-order valence-electron chi connectivity index (χ0n) is 17.1. The van der Waals surface area contributed by atoms with Crippen molar-refractivity contribution in [3.8, 4) is 0 Å². The van der Waals surface area contributed by atoms with Gasteiger partial charge < -0.3 is 15.0 Å². The Hall–Kier alpha value is -1.20. The van der Waals surface area contributed by atoms with E-state index in [4.69, 9.17) is 9.73 Å². The van der Waals surface area contributed by atoms with Gasteiger partial charge in [0.05, 0.1) is 30.9 Å². The predicted octanol–water partition coefficient (Wildman–Crippen LogP) is 3.23. The third kappa shape index (κ3) is 6.41. The molecule has 1 aliphatic rings. The number of nitrogens with one attached hydrogen (secondary N) is 1. The summed E-state index contributed by atoms with van der Waals surface area (Å²) < 4.78 is 7.77. The number of nitrogens with zero attached hydrogens (tertiary/aromatic N) is 5. The van der Waals surface area contributed by atoms with Crippen LogP contribution in [0, 0.1) is 5.92 Å². The third-order valence-electron chi connectivity index (χ3n) is 4.37. The third-order valence-corrected chi connectivity index (χ3v) is 5.37. The van der Waals surface area contributed by atoms with Gasteiger partial charge in [-0.25, -0.2) is 9.98 Å². The van der Waals surface area contributed by atoms with Crippen molar-refractivity contribution in [1.29, 1.82) is 0 Å². The second-order valence-electron chi connectivity index (χ2n) is 7.24. The number of thiazole rings is 1. The van der Waals surface area contributed by atoms with Crippen LogP contribution in [-0.4, -0.2) is 51.9 Å². The molecule has 156 valence electrons. The van der Waals surface area contributed by atoms with Crippen molar-refractivity contribution in [1.82, 2.24) is 25.0 Å². The van der Waals surface area contributed by atoms with Gasteiger partial charge in [0.1, 0.15) is 6.10 Å². The van der Waals surface area contributed by atoms with Crippen LogP contribution in [0.3, 0.4) is 0 Å². The van der Waals surface area contributed by atoms with Crippen molar-refractivity contribution in [3.05, 3.63) is 34.0 Å². The molecule has 0 aliphatic carbocycles. The normalized spacial score (nSPS) is 17.7. The molecule has 0 spiro atoms. The van der Waals surface area contributed by atoms with Crippen molar-refractivity contribution in [3.63, 3.8) is 0 Å². The number of aromatic nitrogens is 3. The van der Waals surface area contributed by atoms with Gasteiger partial charge in [-0.15, -0.1) is 35.3 Å². The first kappa shape index (κ1) is 23.1. The van der Waals surface area contributed by atoms with Gasteiger partial charge in [0.2, 0.25) is 0 Å². The highest BCUT2D eigenvalue weighted by atomic mass is 127. The summed E-state index contributed by atoms with van der Waals surface area (Å²) in [4.78, 5) is 12.9. The van der Waals surface area contributed by atoms with Crippen LogP contribution in [0.4, 0.5) is 0 Å². The molecule has 1 unspecified atom stereocenters. The van der Waals surface area contributed by atoms with E-state index >= 15 is 0 Å². The van der Waals surface area contributed by atoms with Gasteiger partial charge in [-0.2, -0.15) is 5.10 Å². The summed E-state index contributed by atoms with van der Waals surface area (Å²) in [5.74, 6) is 1.57. The summed E-state index contributed by atoms with van der Waals surface area (Å²) in [6.45, 7) is 10.3. The maximum atomic E-state index is 5.95. The lowest BCUT2D eigenvalue weighted by atomic mass is 10.1. The first-order valence-electron chi connectivity index (χ1n) is 9.62. The Morgan fingerprint density at radius 3 is 2.93 bits per heavy atom. The van der Waals surface area contributed by atoms with E-state index in [2.05, 4.69) is 41.1 Å². The van der Waals surface area contributed by atoms with E-state index in [0.29, 0.717) is 19.1 Å². The average Bonchev–Trinajstić information content (AvgIpc) is 3.27. The average molecular weight is 518 g/mol. The number of aryl methyl sites for hydroxylation is 1. The van der Waals surface area contributed by atoms with Crippen LogP contribution >= 0.6 is 35.3 Å². The van der Waals surface area contributed by atoms with E-state index in [1.807, 2.05) is 30.3 Å². The molecule has 7 nitrogen and oxygen atoms in total. The number of halogens is 1. The molecule has 3 rings (SSSR count). The van der Waals surface area contributed by atoms with Crippen LogP contribution in [0.25, 0.3) is 0 Å². The van der Waals surface area contributed by atoms with Crippen molar-refractivity contribution in [2.45, 2.75) is 39.8 Å². The Morgan fingerprint density at radius 1 is 1.43 bits per heavy atom. The number of hydrogen-bond acceptors (Lipinski definition) is 5. The minimum atomic E-state index is 0. The summed E-state index contributed by atoms with van der Waals surface area (Å²) in [7, 11) is 1.93.